The number of ether oxygens (including phenoxy) is 2. The Kier molecular flexibility index (Phi) is 7.17. The van der Waals surface area contributed by atoms with Gasteiger partial charge in [0.1, 0.15) is 12.9 Å². The number of likely N-dealkylation sites (tertiary alicyclic amines) is 1. The molecule has 0 saturated carbocycles. The van der Waals surface area contributed by atoms with Crippen LogP contribution in [0.15, 0.2) is 53.4 Å². The van der Waals surface area contributed by atoms with Crippen molar-refractivity contribution in [1.29, 1.82) is 0 Å². The van der Waals surface area contributed by atoms with Crippen LogP contribution in [0, 0.1) is 0 Å². The van der Waals surface area contributed by atoms with Crippen molar-refractivity contribution in [1.82, 2.24) is 4.90 Å². The van der Waals surface area contributed by atoms with Crippen LogP contribution in [0.5, 0.6) is 0 Å². The van der Waals surface area contributed by atoms with Gasteiger partial charge in [0.15, 0.2) is 4.90 Å². The van der Waals surface area contributed by atoms with E-state index in [2.05, 4.69) is 0 Å². The highest BCUT2D eigenvalue weighted by Gasteiger charge is 2.29. The van der Waals surface area contributed by atoms with Gasteiger partial charge in [-0.1, -0.05) is 36.4 Å². The van der Waals surface area contributed by atoms with Crippen LogP contribution >= 0.6 is 0 Å². The number of benzene rings is 2. The van der Waals surface area contributed by atoms with E-state index in [4.69, 9.17) is 9.47 Å². The number of carbonyl (C=O) groups is 2. The zero-order valence-electron chi connectivity index (χ0n) is 16.6. The number of carbonyl (C=O) groups excluding carboxylic acids is 2. The molecular formula is C22H25NO5S. The monoisotopic (exact) mass is 415 g/mol. The van der Waals surface area contributed by atoms with E-state index in [1.807, 2.05) is 36.4 Å². The average molecular weight is 416 g/mol. The lowest BCUT2D eigenvalue weighted by Crippen LogP contribution is -2.38. The number of piperidine rings is 1. The topological polar surface area (TPSA) is 78.9 Å². The predicted octanol–water partition coefficient (Wildman–Crippen LogP) is 3.73. The summed E-state index contributed by atoms with van der Waals surface area (Å²) in [5.74, 6) is -0.266. The van der Waals surface area contributed by atoms with Crippen molar-refractivity contribution >= 4 is 23.2 Å². The minimum absolute atomic E-state index is 0.179. The van der Waals surface area contributed by atoms with Gasteiger partial charge in [0.25, 0.3) is 0 Å². The van der Waals surface area contributed by atoms with Crippen LogP contribution in [0.25, 0.3) is 0 Å². The summed E-state index contributed by atoms with van der Waals surface area (Å²) in [5, 5.41) is 0. The molecule has 154 valence electrons. The Morgan fingerprint density at radius 2 is 1.83 bits per heavy atom. The smallest absolute Gasteiger partial charge is 0.410 e. The lowest BCUT2D eigenvalue weighted by Gasteiger charge is -2.32. The fourth-order valence-electron chi connectivity index (χ4n) is 3.55. The van der Waals surface area contributed by atoms with E-state index >= 15 is 0 Å². The lowest BCUT2D eigenvalue weighted by molar-refractivity contribution is 0.0600. The van der Waals surface area contributed by atoms with Gasteiger partial charge in [-0.3, -0.25) is 0 Å². The van der Waals surface area contributed by atoms with Crippen LogP contribution < -0.4 is 0 Å². The van der Waals surface area contributed by atoms with Crippen molar-refractivity contribution in [3.8, 4) is 0 Å². The number of hydrogen-bond acceptors (Lipinski definition) is 5. The number of methoxy groups -OCH3 is 1. The maximum absolute atomic E-state index is 12.3. The van der Waals surface area contributed by atoms with Crippen molar-refractivity contribution in [2.75, 3.05) is 26.5 Å². The summed E-state index contributed by atoms with van der Waals surface area (Å²) in [6.45, 7) is 1.41. The first-order valence-corrected chi connectivity index (χ1v) is 11.1. The van der Waals surface area contributed by atoms with Gasteiger partial charge in [0, 0.05) is 24.7 Å². The lowest BCUT2D eigenvalue weighted by atomic mass is 9.89. The maximum atomic E-state index is 12.3. The molecule has 1 aliphatic rings. The Balaban J connectivity index is 1.61. The second-order valence-electron chi connectivity index (χ2n) is 7.00. The summed E-state index contributed by atoms with van der Waals surface area (Å²) < 4.78 is 22.4. The minimum atomic E-state index is -1.23. The molecule has 0 aliphatic carbocycles. The molecule has 2 aromatic rings. The quantitative estimate of drug-likeness (QED) is 0.549. The molecule has 29 heavy (non-hydrogen) atoms. The van der Waals surface area contributed by atoms with E-state index in [-0.39, 0.29) is 18.6 Å². The van der Waals surface area contributed by atoms with Gasteiger partial charge in [-0.25, -0.2) is 9.59 Å². The normalized spacial score (nSPS) is 15.6. The van der Waals surface area contributed by atoms with Crippen molar-refractivity contribution in [3.05, 3.63) is 65.2 Å². The van der Waals surface area contributed by atoms with Crippen LogP contribution in [0.2, 0.25) is 0 Å². The molecule has 1 amide bonds. The Labute approximate surface area is 174 Å². The molecule has 0 radical (unpaired) electrons. The molecule has 1 heterocycles. The molecule has 0 bridgehead atoms. The first-order chi connectivity index (χ1) is 14.0. The molecule has 7 heteroatoms. The molecule has 1 atom stereocenters. The molecule has 1 fully saturated rings. The third kappa shape index (κ3) is 5.31. The largest absolute Gasteiger partial charge is 0.612 e. The van der Waals surface area contributed by atoms with Gasteiger partial charge in [0.2, 0.25) is 0 Å². The Bertz CT molecular complexity index is 848. The molecule has 6 nitrogen and oxygen atoms in total. The minimum Gasteiger partial charge on any atom is -0.612 e. The highest BCUT2D eigenvalue weighted by Crippen LogP contribution is 2.33. The van der Waals surface area contributed by atoms with Gasteiger partial charge in [-0.15, -0.1) is 0 Å². The van der Waals surface area contributed by atoms with Crippen LogP contribution in [-0.4, -0.2) is 48.0 Å². The van der Waals surface area contributed by atoms with Gasteiger partial charge in [-0.05, 0) is 41.6 Å². The number of amides is 1. The second kappa shape index (κ2) is 9.80. The molecule has 0 aromatic heterocycles. The zero-order valence-corrected chi connectivity index (χ0v) is 17.4. The highest BCUT2D eigenvalue weighted by atomic mass is 32.2. The second-order valence-corrected chi connectivity index (χ2v) is 8.35. The molecule has 0 unspecified atom stereocenters. The fourth-order valence-corrected chi connectivity index (χ4v) is 4.41. The number of nitrogens with zero attached hydrogens (tertiary/aromatic N) is 1. The van der Waals surface area contributed by atoms with Gasteiger partial charge in [-0.2, -0.15) is 0 Å². The molecule has 1 saturated heterocycles. The Morgan fingerprint density at radius 1 is 1.14 bits per heavy atom. The van der Waals surface area contributed by atoms with E-state index in [1.54, 1.807) is 23.3 Å². The Hall–Kier alpha value is -2.51. The summed E-state index contributed by atoms with van der Waals surface area (Å²) in [4.78, 5) is 26.5. The summed E-state index contributed by atoms with van der Waals surface area (Å²) in [7, 11) is 1.32. The van der Waals surface area contributed by atoms with E-state index in [1.165, 1.54) is 7.11 Å². The van der Waals surface area contributed by atoms with Crippen LogP contribution in [0.3, 0.4) is 0 Å². The number of hydrogen-bond donors (Lipinski definition) is 0. The molecule has 0 spiro atoms. The fraction of sp³-hybridized carbons (Fsp3) is 0.364. The van der Waals surface area contributed by atoms with E-state index in [0.717, 1.165) is 24.0 Å². The highest BCUT2D eigenvalue weighted by molar-refractivity contribution is 7.90. The first-order valence-electron chi connectivity index (χ1n) is 9.51. The molecular weight excluding hydrogens is 390 g/mol. The van der Waals surface area contributed by atoms with Crippen LogP contribution in [-0.2, 0) is 27.3 Å². The number of rotatable bonds is 5. The molecule has 1 aliphatic heterocycles. The summed E-state index contributed by atoms with van der Waals surface area (Å²) >= 11 is -1.23. The molecule has 0 N–H and O–H groups in total. The standard InChI is InChI=1S/C22H25NO5S/c1-27-21(24)18-8-9-19(20(14-18)29(2)26)17-10-12-23(13-11-17)22(25)28-15-16-6-4-3-5-7-16/h3-9,14,17H,10-13,15H2,1-2H3/t29-/m1/s1. The third-order valence-electron chi connectivity index (χ3n) is 5.14. The van der Waals surface area contributed by atoms with E-state index < -0.39 is 17.1 Å². The van der Waals surface area contributed by atoms with Crippen LogP contribution in [0.4, 0.5) is 4.79 Å². The molecule has 2 aromatic carbocycles. The van der Waals surface area contributed by atoms with E-state index in [0.29, 0.717) is 23.5 Å². The van der Waals surface area contributed by atoms with Crippen molar-refractivity contribution < 1.29 is 23.6 Å². The third-order valence-corrected chi connectivity index (χ3v) is 6.12. The number of esters is 1. The SMILES string of the molecule is COC(=O)c1ccc(C2CCN(C(=O)OCc3ccccc3)CC2)c([S@@+](C)[O-])c1. The maximum Gasteiger partial charge on any atom is 0.410 e. The predicted molar refractivity (Wildman–Crippen MR) is 110 cm³/mol. The van der Waals surface area contributed by atoms with Gasteiger partial charge in [0.05, 0.1) is 12.7 Å². The van der Waals surface area contributed by atoms with Crippen molar-refractivity contribution in [3.63, 3.8) is 0 Å². The van der Waals surface area contributed by atoms with Gasteiger partial charge >= 0.3 is 12.1 Å². The summed E-state index contributed by atoms with van der Waals surface area (Å²) in [5.41, 5.74) is 2.32. The zero-order chi connectivity index (χ0) is 20.8. The van der Waals surface area contributed by atoms with Crippen molar-refractivity contribution in [2.45, 2.75) is 30.3 Å². The molecule has 3 rings (SSSR count). The first kappa shape index (κ1) is 21.2. The summed E-state index contributed by atoms with van der Waals surface area (Å²) in [6, 6.07) is 14.8. The average Bonchev–Trinajstić information content (AvgIpc) is 2.77. The van der Waals surface area contributed by atoms with Crippen LogP contribution in [0.1, 0.15) is 40.2 Å². The van der Waals surface area contributed by atoms with Gasteiger partial charge < -0.3 is 18.9 Å². The van der Waals surface area contributed by atoms with Crippen molar-refractivity contribution in [2.24, 2.45) is 0 Å². The Morgan fingerprint density at radius 3 is 2.45 bits per heavy atom. The summed E-state index contributed by atoms with van der Waals surface area (Å²) in [6.07, 6.45) is 2.80. The van der Waals surface area contributed by atoms with E-state index in [9.17, 15) is 14.1 Å².